The van der Waals surface area contributed by atoms with Crippen LogP contribution in [0.15, 0.2) is 12.3 Å². The van der Waals surface area contributed by atoms with Gasteiger partial charge in [0.1, 0.15) is 0 Å². The summed E-state index contributed by atoms with van der Waals surface area (Å²) in [6.45, 7) is 9.58. The molecule has 1 rings (SSSR count). The first-order valence-electron chi connectivity index (χ1n) is 4.93. The fraction of sp³-hybridized carbons (Fsp3) is 0.700. The van der Waals surface area contributed by atoms with Gasteiger partial charge in [-0.05, 0) is 32.0 Å². The number of aromatic nitrogens is 2. The van der Waals surface area contributed by atoms with E-state index in [-0.39, 0.29) is 0 Å². The van der Waals surface area contributed by atoms with Crippen LogP contribution in [0.2, 0.25) is 0 Å². The van der Waals surface area contributed by atoms with Gasteiger partial charge in [0.25, 0.3) is 0 Å². The molecule has 1 unspecified atom stereocenters. The van der Waals surface area contributed by atoms with Crippen molar-refractivity contribution in [2.45, 2.75) is 27.3 Å². The van der Waals surface area contributed by atoms with E-state index < -0.39 is 0 Å². The maximum atomic E-state index is 4.25. The summed E-state index contributed by atoms with van der Waals surface area (Å²) in [4.78, 5) is 0. The minimum atomic E-state index is 0.638. The maximum Gasteiger partial charge on any atom is 0.0492 e. The number of hydrogen-bond donors (Lipinski definition) is 1. The predicted molar refractivity (Wildman–Crippen MR) is 54.7 cm³/mol. The molecule has 0 aliphatic rings. The molecule has 1 atom stereocenters. The summed E-state index contributed by atoms with van der Waals surface area (Å²) in [6.07, 6.45) is 1.86. The average Bonchev–Trinajstić information content (AvgIpc) is 2.48. The molecule has 1 aromatic rings. The van der Waals surface area contributed by atoms with Crippen LogP contribution in [-0.4, -0.2) is 22.9 Å². The largest absolute Gasteiger partial charge is 0.317 e. The number of aryl methyl sites for hydroxylation is 1. The molecule has 0 amide bonds. The highest BCUT2D eigenvalue weighted by atomic mass is 15.3. The fourth-order valence-corrected chi connectivity index (χ4v) is 1.34. The van der Waals surface area contributed by atoms with Gasteiger partial charge in [0.15, 0.2) is 0 Å². The molecule has 1 N–H and O–H groups in total. The molecule has 74 valence electrons. The highest BCUT2D eigenvalue weighted by Crippen LogP contribution is 2.02. The minimum absolute atomic E-state index is 0.638. The van der Waals surface area contributed by atoms with Crippen molar-refractivity contribution < 1.29 is 0 Å². The van der Waals surface area contributed by atoms with E-state index in [1.54, 1.807) is 0 Å². The molecule has 3 nitrogen and oxygen atoms in total. The molecule has 3 heteroatoms. The Morgan fingerprint density at radius 3 is 2.92 bits per heavy atom. The summed E-state index contributed by atoms with van der Waals surface area (Å²) >= 11 is 0. The van der Waals surface area contributed by atoms with Crippen LogP contribution < -0.4 is 5.32 Å². The van der Waals surface area contributed by atoms with Crippen LogP contribution in [0.4, 0.5) is 0 Å². The van der Waals surface area contributed by atoms with Gasteiger partial charge in [-0.3, -0.25) is 4.68 Å². The van der Waals surface area contributed by atoms with Crippen LogP contribution in [0.5, 0.6) is 0 Å². The summed E-state index contributed by atoms with van der Waals surface area (Å²) in [5.41, 5.74) is 1.24. The third-order valence-corrected chi connectivity index (χ3v) is 2.16. The Hall–Kier alpha value is -0.830. The second-order valence-electron chi connectivity index (χ2n) is 3.57. The lowest BCUT2D eigenvalue weighted by molar-refractivity contribution is 0.421. The summed E-state index contributed by atoms with van der Waals surface area (Å²) in [7, 11) is 0. The molecule has 0 radical (unpaired) electrons. The topological polar surface area (TPSA) is 29.9 Å². The van der Waals surface area contributed by atoms with Gasteiger partial charge in [0.05, 0.1) is 0 Å². The standard InChI is InChI=1S/C10H19N3/c1-4-11-7-9(2)8-13-10(3)5-6-12-13/h5-6,9,11H,4,7-8H2,1-3H3. The van der Waals surface area contributed by atoms with Gasteiger partial charge < -0.3 is 5.32 Å². The zero-order valence-electron chi connectivity index (χ0n) is 8.75. The molecule has 0 aliphatic carbocycles. The number of rotatable bonds is 5. The maximum absolute atomic E-state index is 4.25. The van der Waals surface area contributed by atoms with E-state index in [2.05, 4.69) is 35.9 Å². The Kier molecular flexibility index (Phi) is 3.96. The van der Waals surface area contributed by atoms with Crippen LogP contribution in [0.25, 0.3) is 0 Å². The predicted octanol–water partition coefficient (Wildman–Crippen LogP) is 1.44. The van der Waals surface area contributed by atoms with E-state index in [0.717, 1.165) is 19.6 Å². The lowest BCUT2D eigenvalue weighted by Crippen LogP contribution is -2.24. The summed E-state index contributed by atoms with van der Waals surface area (Å²) in [5.74, 6) is 0.638. The van der Waals surface area contributed by atoms with Crippen molar-refractivity contribution >= 4 is 0 Å². The SMILES string of the molecule is CCNCC(C)Cn1nccc1C. The van der Waals surface area contributed by atoms with E-state index in [0.29, 0.717) is 5.92 Å². The van der Waals surface area contributed by atoms with Gasteiger partial charge in [-0.1, -0.05) is 13.8 Å². The van der Waals surface area contributed by atoms with Crippen molar-refractivity contribution in [3.63, 3.8) is 0 Å². The molecular formula is C10H19N3. The van der Waals surface area contributed by atoms with Crippen molar-refractivity contribution in [3.05, 3.63) is 18.0 Å². The smallest absolute Gasteiger partial charge is 0.0492 e. The van der Waals surface area contributed by atoms with Crippen LogP contribution >= 0.6 is 0 Å². The minimum Gasteiger partial charge on any atom is -0.317 e. The van der Waals surface area contributed by atoms with Crippen LogP contribution in [0.3, 0.4) is 0 Å². The normalized spacial score (nSPS) is 13.2. The van der Waals surface area contributed by atoms with Gasteiger partial charge in [0.2, 0.25) is 0 Å². The zero-order valence-corrected chi connectivity index (χ0v) is 8.75. The van der Waals surface area contributed by atoms with E-state index >= 15 is 0 Å². The van der Waals surface area contributed by atoms with Gasteiger partial charge in [-0.15, -0.1) is 0 Å². The molecule has 0 saturated heterocycles. The average molecular weight is 181 g/mol. The molecule has 0 bridgehead atoms. The molecular weight excluding hydrogens is 162 g/mol. The van der Waals surface area contributed by atoms with Crippen molar-refractivity contribution in [3.8, 4) is 0 Å². The quantitative estimate of drug-likeness (QED) is 0.745. The second kappa shape index (κ2) is 5.02. The lowest BCUT2D eigenvalue weighted by Gasteiger charge is -2.12. The first-order valence-corrected chi connectivity index (χ1v) is 4.93. The van der Waals surface area contributed by atoms with Crippen molar-refractivity contribution in [1.82, 2.24) is 15.1 Å². The molecule has 1 aromatic heterocycles. The fourth-order valence-electron chi connectivity index (χ4n) is 1.34. The summed E-state index contributed by atoms with van der Waals surface area (Å²) in [5, 5.41) is 7.59. The zero-order chi connectivity index (χ0) is 9.68. The highest BCUT2D eigenvalue weighted by Gasteiger charge is 2.03. The van der Waals surface area contributed by atoms with Gasteiger partial charge in [0, 0.05) is 18.4 Å². The summed E-state index contributed by atoms with van der Waals surface area (Å²) < 4.78 is 2.06. The molecule has 13 heavy (non-hydrogen) atoms. The van der Waals surface area contributed by atoms with Crippen molar-refractivity contribution in [2.24, 2.45) is 5.92 Å². The molecule has 1 heterocycles. The lowest BCUT2D eigenvalue weighted by atomic mass is 10.2. The van der Waals surface area contributed by atoms with Crippen molar-refractivity contribution in [1.29, 1.82) is 0 Å². The molecule has 0 saturated carbocycles. The van der Waals surface area contributed by atoms with Crippen LogP contribution in [0.1, 0.15) is 19.5 Å². The number of hydrogen-bond acceptors (Lipinski definition) is 2. The molecule has 0 aromatic carbocycles. The molecule has 0 aliphatic heterocycles. The highest BCUT2D eigenvalue weighted by molar-refractivity contribution is 4.96. The van der Waals surface area contributed by atoms with E-state index in [1.165, 1.54) is 5.69 Å². The van der Waals surface area contributed by atoms with Crippen molar-refractivity contribution in [2.75, 3.05) is 13.1 Å². The molecule has 0 fully saturated rings. The third-order valence-electron chi connectivity index (χ3n) is 2.16. The monoisotopic (exact) mass is 181 g/mol. The Labute approximate surface area is 80.1 Å². The van der Waals surface area contributed by atoms with Gasteiger partial charge in [-0.2, -0.15) is 5.10 Å². The summed E-state index contributed by atoms with van der Waals surface area (Å²) in [6, 6.07) is 2.04. The Morgan fingerprint density at radius 2 is 2.38 bits per heavy atom. The first kappa shape index (κ1) is 10.3. The second-order valence-corrected chi connectivity index (χ2v) is 3.57. The van der Waals surface area contributed by atoms with Gasteiger partial charge in [-0.25, -0.2) is 0 Å². The Balaban J connectivity index is 2.36. The van der Waals surface area contributed by atoms with Crippen LogP contribution in [0, 0.1) is 12.8 Å². The van der Waals surface area contributed by atoms with E-state index in [4.69, 9.17) is 0 Å². The first-order chi connectivity index (χ1) is 6.24. The van der Waals surface area contributed by atoms with Crippen LogP contribution in [-0.2, 0) is 6.54 Å². The molecule has 0 spiro atoms. The number of nitrogens with one attached hydrogen (secondary N) is 1. The van der Waals surface area contributed by atoms with Gasteiger partial charge >= 0.3 is 0 Å². The third kappa shape index (κ3) is 3.19. The van der Waals surface area contributed by atoms with E-state index in [1.807, 2.05) is 12.3 Å². The number of nitrogens with zero attached hydrogens (tertiary/aromatic N) is 2. The Bertz CT molecular complexity index is 242. The van der Waals surface area contributed by atoms with E-state index in [9.17, 15) is 0 Å². The Morgan fingerprint density at radius 1 is 1.62 bits per heavy atom.